The lowest BCUT2D eigenvalue weighted by Gasteiger charge is -2.26. The van der Waals surface area contributed by atoms with Crippen LogP contribution in [0.25, 0.3) is 0 Å². The summed E-state index contributed by atoms with van der Waals surface area (Å²) in [4.78, 5) is 4.06. The van der Waals surface area contributed by atoms with Crippen LogP contribution in [0.1, 0.15) is 19.4 Å². The molecule has 0 aliphatic carbocycles. The van der Waals surface area contributed by atoms with Gasteiger partial charge in [-0.2, -0.15) is 0 Å². The minimum Gasteiger partial charge on any atom is -0.356 e. The molecule has 3 nitrogen and oxygen atoms in total. The topological polar surface area (TPSA) is 36.4 Å². The third-order valence-corrected chi connectivity index (χ3v) is 2.89. The van der Waals surface area contributed by atoms with E-state index in [1.807, 2.05) is 19.9 Å². The van der Waals surface area contributed by atoms with E-state index < -0.39 is 0 Å². The molecule has 0 saturated heterocycles. The Labute approximate surface area is 114 Å². The fourth-order valence-electron chi connectivity index (χ4n) is 1.67. The van der Waals surface area contributed by atoms with Crippen molar-refractivity contribution in [2.75, 3.05) is 20.1 Å². The molecule has 0 aromatic heterocycles. The van der Waals surface area contributed by atoms with Crippen molar-refractivity contribution in [3.63, 3.8) is 0 Å². The van der Waals surface area contributed by atoms with Gasteiger partial charge in [-0.05, 0) is 17.7 Å². The lowest BCUT2D eigenvalue weighted by molar-refractivity contribution is 0.504. The summed E-state index contributed by atoms with van der Waals surface area (Å²) < 4.78 is 13.3. The van der Waals surface area contributed by atoms with E-state index >= 15 is 0 Å². The van der Waals surface area contributed by atoms with E-state index in [0.29, 0.717) is 19.0 Å². The van der Waals surface area contributed by atoms with Gasteiger partial charge in [0.05, 0.1) is 6.54 Å². The summed E-state index contributed by atoms with van der Waals surface area (Å²) in [5, 5.41) is 6.17. The first-order chi connectivity index (χ1) is 8.99. The van der Waals surface area contributed by atoms with Crippen LogP contribution in [0.15, 0.2) is 29.3 Å². The van der Waals surface area contributed by atoms with Crippen LogP contribution < -0.4 is 10.6 Å². The minimum absolute atomic E-state index is 0.212. The molecule has 0 heterocycles. The van der Waals surface area contributed by atoms with Gasteiger partial charge < -0.3 is 10.6 Å². The Bertz CT molecular complexity index is 486. The summed E-state index contributed by atoms with van der Waals surface area (Å²) in [6.07, 6.45) is 5.18. The molecule has 1 aromatic rings. The Balaban J connectivity index is 2.67. The number of halogens is 1. The predicted octanol–water partition coefficient (Wildman–Crippen LogP) is 1.90. The lowest BCUT2D eigenvalue weighted by Crippen LogP contribution is -2.43. The molecular weight excluding hydrogens is 241 g/mol. The van der Waals surface area contributed by atoms with E-state index in [2.05, 4.69) is 21.5 Å². The van der Waals surface area contributed by atoms with Gasteiger partial charge in [0.2, 0.25) is 0 Å². The highest BCUT2D eigenvalue weighted by Gasteiger charge is 2.21. The molecule has 0 spiro atoms. The number of nitrogens with zero attached hydrogens (tertiary/aromatic N) is 1. The zero-order valence-electron chi connectivity index (χ0n) is 11.6. The van der Waals surface area contributed by atoms with E-state index in [1.54, 1.807) is 19.2 Å². The van der Waals surface area contributed by atoms with Crippen molar-refractivity contribution in [1.29, 1.82) is 0 Å². The molecule has 1 aromatic carbocycles. The van der Waals surface area contributed by atoms with Gasteiger partial charge in [-0.3, -0.25) is 4.99 Å². The maximum Gasteiger partial charge on any atom is 0.191 e. The van der Waals surface area contributed by atoms with Crippen molar-refractivity contribution in [2.45, 2.75) is 19.3 Å². The smallest absolute Gasteiger partial charge is 0.191 e. The lowest BCUT2D eigenvalue weighted by atomic mass is 9.84. The molecule has 0 fully saturated rings. The van der Waals surface area contributed by atoms with Crippen LogP contribution >= 0.6 is 0 Å². The average Bonchev–Trinajstić information content (AvgIpc) is 2.39. The van der Waals surface area contributed by atoms with Crippen LogP contribution in [0.4, 0.5) is 4.39 Å². The van der Waals surface area contributed by atoms with Gasteiger partial charge in [-0.25, -0.2) is 4.39 Å². The molecule has 0 saturated carbocycles. The number of rotatable bonds is 4. The number of hydrogen-bond donors (Lipinski definition) is 2. The summed E-state index contributed by atoms with van der Waals surface area (Å²) >= 11 is 0. The maximum absolute atomic E-state index is 13.3. The quantitative estimate of drug-likeness (QED) is 0.493. The van der Waals surface area contributed by atoms with Crippen molar-refractivity contribution in [1.82, 2.24) is 10.6 Å². The van der Waals surface area contributed by atoms with E-state index in [0.717, 1.165) is 5.56 Å². The summed E-state index contributed by atoms with van der Waals surface area (Å²) in [5.74, 6) is 2.91. The third-order valence-electron chi connectivity index (χ3n) is 2.89. The highest BCUT2D eigenvalue weighted by molar-refractivity contribution is 5.80. The second kappa shape index (κ2) is 6.79. The summed E-state index contributed by atoms with van der Waals surface area (Å²) in [7, 11) is 1.68. The van der Waals surface area contributed by atoms with Crippen LogP contribution in [-0.2, 0) is 5.41 Å². The van der Waals surface area contributed by atoms with Crippen molar-refractivity contribution in [2.24, 2.45) is 4.99 Å². The third kappa shape index (κ3) is 4.63. The molecule has 102 valence electrons. The van der Waals surface area contributed by atoms with Crippen LogP contribution in [0.3, 0.4) is 0 Å². The predicted molar refractivity (Wildman–Crippen MR) is 77.6 cm³/mol. The van der Waals surface area contributed by atoms with Crippen LogP contribution in [-0.4, -0.2) is 26.1 Å². The first-order valence-corrected chi connectivity index (χ1v) is 6.13. The minimum atomic E-state index is -0.222. The molecule has 0 unspecified atom stereocenters. The molecule has 0 aliphatic heterocycles. The summed E-state index contributed by atoms with van der Waals surface area (Å²) in [5.41, 5.74) is 0.725. The number of aliphatic imine (C=N–C) groups is 1. The number of hydrogen-bond acceptors (Lipinski definition) is 1. The van der Waals surface area contributed by atoms with Crippen molar-refractivity contribution in [3.8, 4) is 12.3 Å². The molecular formula is C15H20FN3. The SMILES string of the molecule is C#CCNC(=NC)NCC(C)(C)c1cccc(F)c1. The number of benzene rings is 1. The molecule has 0 aliphatic rings. The molecule has 0 amide bonds. The highest BCUT2D eigenvalue weighted by Crippen LogP contribution is 2.22. The molecule has 0 bridgehead atoms. The van der Waals surface area contributed by atoms with Crippen LogP contribution in [0.5, 0.6) is 0 Å². The van der Waals surface area contributed by atoms with Gasteiger partial charge in [0.1, 0.15) is 5.82 Å². The van der Waals surface area contributed by atoms with Crippen molar-refractivity contribution < 1.29 is 4.39 Å². The molecule has 0 atom stereocenters. The zero-order chi connectivity index (χ0) is 14.3. The normalized spacial score (nSPS) is 11.8. The Kier molecular flexibility index (Phi) is 5.37. The fraction of sp³-hybridized carbons (Fsp3) is 0.400. The van der Waals surface area contributed by atoms with Gasteiger partial charge in [0, 0.05) is 19.0 Å². The standard InChI is InChI=1S/C15H20FN3/c1-5-9-18-14(17-4)19-11-15(2,3)12-7-6-8-13(16)10-12/h1,6-8,10H,9,11H2,2-4H3,(H2,17,18,19). The van der Waals surface area contributed by atoms with Gasteiger partial charge in [0.25, 0.3) is 0 Å². The first kappa shape index (κ1) is 15.0. The molecule has 1 rings (SSSR count). The highest BCUT2D eigenvalue weighted by atomic mass is 19.1. The van der Waals surface area contributed by atoms with Crippen molar-refractivity contribution in [3.05, 3.63) is 35.6 Å². The van der Waals surface area contributed by atoms with Crippen LogP contribution in [0.2, 0.25) is 0 Å². The summed E-state index contributed by atoms with van der Waals surface area (Å²) in [6.45, 7) is 5.13. The fourth-order valence-corrected chi connectivity index (χ4v) is 1.67. The number of guanidine groups is 1. The Hall–Kier alpha value is -2.02. The molecule has 4 heteroatoms. The van der Waals surface area contributed by atoms with Gasteiger partial charge in [-0.1, -0.05) is 31.9 Å². The van der Waals surface area contributed by atoms with Gasteiger partial charge in [-0.15, -0.1) is 6.42 Å². The van der Waals surface area contributed by atoms with E-state index in [4.69, 9.17) is 6.42 Å². The molecule has 19 heavy (non-hydrogen) atoms. The Morgan fingerprint density at radius 1 is 1.42 bits per heavy atom. The van der Waals surface area contributed by atoms with E-state index in [9.17, 15) is 4.39 Å². The summed E-state index contributed by atoms with van der Waals surface area (Å²) in [6, 6.07) is 6.64. The molecule has 2 N–H and O–H groups in total. The maximum atomic E-state index is 13.3. The Morgan fingerprint density at radius 2 is 2.16 bits per heavy atom. The largest absolute Gasteiger partial charge is 0.356 e. The monoisotopic (exact) mass is 261 g/mol. The zero-order valence-corrected chi connectivity index (χ0v) is 11.6. The second-order valence-electron chi connectivity index (χ2n) is 4.88. The van der Waals surface area contributed by atoms with Crippen molar-refractivity contribution >= 4 is 5.96 Å². The van der Waals surface area contributed by atoms with Gasteiger partial charge in [0.15, 0.2) is 5.96 Å². The number of nitrogens with one attached hydrogen (secondary N) is 2. The average molecular weight is 261 g/mol. The van der Waals surface area contributed by atoms with E-state index in [-0.39, 0.29) is 11.2 Å². The van der Waals surface area contributed by atoms with Gasteiger partial charge >= 0.3 is 0 Å². The van der Waals surface area contributed by atoms with Crippen LogP contribution in [0, 0.1) is 18.2 Å². The Morgan fingerprint density at radius 3 is 2.74 bits per heavy atom. The molecule has 0 radical (unpaired) electrons. The van der Waals surface area contributed by atoms with E-state index in [1.165, 1.54) is 6.07 Å². The first-order valence-electron chi connectivity index (χ1n) is 6.13. The number of terminal acetylenes is 1. The second-order valence-corrected chi connectivity index (χ2v) is 4.88.